The Hall–Kier alpha value is -0.0800. The maximum absolute atomic E-state index is 5.96. The Morgan fingerprint density at radius 1 is 1.12 bits per heavy atom. The standard InChI is InChI=1S/C15H33NO/c1-8-12(3)13(4)10-17-11-15(6,9-2)14(5)16-7/h12-14,16H,8-11H2,1-7H3. The first-order valence-electron chi connectivity index (χ1n) is 7.16. The summed E-state index contributed by atoms with van der Waals surface area (Å²) in [6.07, 6.45) is 2.38. The Labute approximate surface area is 109 Å². The minimum absolute atomic E-state index is 0.240. The van der Waals surface area contributed by atoms with Gasteiger partial charge < -0.3 is 10.1 Å². The van der Waals surface area contributed by atoms with Crippen LogP contribution in [0.3, 0.4) is 0 Å². The third kappa shape index (κ3) is 5.39. The van der Waals surface area contributed by atoms with Crippen LogP contribution >= 0.6 is 0 Å². The van der Waals surface area contributed by atoms with E-state index in [9.17, 15) is 0 Å². The van der Waals surface area contributed by atoms with Gasteiger partial charge in [0.2, 0.25) is 0 Å². The Kier molecular flexibility index (Phi) is 8.06. The molecule has 17 heavy (non-hydrogen) atoms. The summed E-state index contributed by atoms with van der Waals surface area (Å²) < 4.78 is 5.96. The van der Waals surface area contributed by atoms with Crippen LogP contribution in [-0.4, -0.2) is 26.3 Å². The molecule has 104 valence electrons. The smallest absolute Gasteiger partial charge is 0.0534 e. The van der Waals surface area contributed by atoms with Crippen LogP contribution in [0.1, 0.15) is 54.4 Å². The number of hydrogen-bond donors (Lipinski definition) is 1. The highest BCUT2D eigenvalue weighted by atomic mass is 16.5. The van der Waals surface area contributed by atoms with Crippen molar-refractivity contribution in [3.63, 3.8) is 0 Å². The molecular formula is C15H33NO. The Bertz CT molecular complexity index is 195. The summed E-state index contributed by atoms with van der Waals surface area (Å²) in [5.41, 5.74) is 0.240. The van der Waals surface area contributed by atoms with Gasteiger partial charge in [-0.3, -0.25) is 0 Å². The minimum atomic E-state index is 0.240. The van der Waals surface area contributed by atoms with Crippen LogP contribution < -0.4 is 5.32 Å². The zero-order valence-electron chi connectivity index (χ0n) is 13.0. The van der Waals surface area contributed by atoms with Crippen LogP contribution in [0.25, 0.3) is 0 Å². The monoisotopic (exact) mass is 243 g/mol. The summed E-state index contributed by atoms with van der Waals surface area (Å²) in [6, 6.07) is 0.492. The number of rotatable bonds is 9. The molecule has 0 fully saturated rings. The van der Waals surface area contributed by atoms with Crippen molar-refractivity contribution in [1.29, 1.82) is 0 Å². The molecule has 0 aliphatic rings. The van der Waals surface area contributed by atoms with Gasteiger partial charge in [-0.05, 0) is 32.2 Å². The van der Waals surface area contributed by atoms with Gasteiger partial charge >= 0.3 is 0 Å². The van der Waals surface area contributed by atoms with Gasteiger partial charge in [0.1, 0.15) is 0 Å². The summed E-state index contributed by atoms with van der Waals surface area (Å²) in [4.78, 5) is 0. The van der Waals surface area contributed by atoms with Crippen LogP contribution in [0.15, 0.2) is 0 Å². The quantitative estimate of drug-likeness (QED) is 0.666. The molecule has 2 heteroatoms. The minimum Gasteiger partial charge on any atom is -0.381 e. The molecule has 0 heterocycles. The Morgan fingerprint density at radius 2 is 1.71 bits per heavy atom. The van der Waals surface area contributed by atoms with Crippen LogP contribution in [-0.2, 0) is 4.74 Å². The van der Waals surface area contributed by atoms with Gasteiger partial charge in [-0.2, -0.15) is 0 Å². The van der Waals surface area contributed by atoms with Crippen molar-refractivity contribution in [2.24, 2.45) is 17.3 Å². The maximum Gasteiger partial charge on any atom is 0.0534 e. The van der Waals surface area contributed by atoms with Crippen LogP contribution in [0.2, 0.25) is 0 Å². The molecule has 0 aromatic carbocycles. The first kappa shape index (κ1) is 16.9. The van der Waals surface area contributed by atoms with E-state index in [1.807, 2.05) is 7.05 Å². The maximum atomic E-state index is 5.96. The molecule has 0 bridgehead atoms. The van der Waals surface area contributed by atoms with Gasteiger partial charge in [0.15, 0.2) is 0 Å². The van der Waals surface area contributed by atoms with E-state index >= 15 is 0 Å². The molecule has 0 saturated carbocycles. The zero-order valence-corrected chi connectivity index (χ0v) is 13.0. The summed E-state index contributed by atoms with van der Waals surface area (Å²) in [5.74, 6) is 1.41. The highest BCUT2D eigenvalue weighted by molar-refractivity contribution is 4.82. The van der Waals surface area contributed by atoms with Crippen molar-refractivity contribution in [1.82, 2.24) is 5.32 Å². The van der Waals surface area contributed by atoms with Crippen molar-refractivity contribution in [2.75, 3.05) is 20.3 Å². The molecule has 0 aromatic heterocycles. The predicted molar refractivity (Wildman–Crippen MR) is 76.4 cm³/mol. The average Bonchev–Trinajstić information content (AvgIpc) is 2.35. The largest absolute Gasteiger partial charge is 0.381 e. The van der Waals surface area contributed by atoms with E-state index in [4.69, 9.17) is 4.74 Å². The highest BCUT2D eigenvalue weighted by Crippen LogP contribution is 2.26. The summed E-state index contributed by atoms with van der Waals surface area (Å²) in [7, 11) is 2.03. The van der Waals surface area contributed by atoms with Gasteiger partial charge in [-0.15, -0.1) is 0 Å². The summed E-state index contributed by atoms with van der Waals surface area (Å²) in [5, 5.41) is 3.35. The first-order chi connectivity index (χ1) is 7.91. The van der Waals surface area contributed by atoms with E-state index in [2.05, 4.69) is 46.9 Å². The van der Waals surface area contributed by atoms with E-state index < -0.39 is 0 Å². The van der Waals surface area contributed by atoms with Crippen LogP contribution in [0.5, 0.6) is 0 Å². The van der Waals surface area contributed by atoms with Crippen molar-refractivity contribution >= 4 is 0 Å². The van der Waals surface area contributed by atoms with Crippen LogP contribution in [0.4, 0.5) is 0 Å². The lowest BCUT2D eigenvalue weighted by Gasteiger charge is -2.35. The van der Waals surface area contributed by atoms with E-state index in [0.717, 1.165) is 25.6 Å². The lowest BCUT2D eigenvalue weighted by Crippen LogP contribution is -2.42. The molecule has 0 amide bonds. The lowest BCUT2D eigenvalue weighted by molar-refractivity contribution is 0.00985. The molecule has 0 radical (unpaired) electrons. The fourth-order valence-electron chi connectivity index (χ4n) is 1.93. The number of ether oxygens (including phenoxy) is 1. The van der Waals surface area contributed by atoms with Crippen molar-refractivity contribution in [2.45, 2.75) is 60.4 Å². The molecule has 4 atom stereocenters. The molecule has 2 nitrogen and oxygen atoms in total. The fourth-order valence-corrected chi connectivity index (χ4v) is 1.93. The van der Waals surface area contributed by atoms with E-state index in [1.165, 1.54) is 6.42 Å². The lowest BCUT2D eigenvalue weighted by atomic mass is 9.81. The summed E-state index contributed by atoms with van der Waals surface area (Å²) >= 11 is 0. The summed E-state index contributed by atoms with van der Waals surface area (Å²) in [6.45, 7) is 15.4. The molecular weight excluding hydrogens is 210 g/mol. The molecule has 0 aromatic rings. The van der Waals surface area contributed by atoms with Gasteiger partial charge in [-0.25, -0.2) is 0 Å². The highest BCUT2D eigenvalue weighted by Gasteiger charge is 2.28. The second kappa shape index (κ2) is 8.10. The predicted octanol–water partition coefficient (Wildman–Crippen LogP) is 3.71. The third-order valence-electron chi connectivity index (χ3n) is 4.71. The zero-order chi connectivity index (χ0) is 13.5. The molecule has 0 saturated heterocycles. The SMILES string of the molecule is CCC(C)C(C)COCC(C)(CC)C(C)NC. The second-order valence-corrected chi connectivity index (χ2v) is 5.90. The van der Waals surface area contributed by atoms with Crippen molar-refractivity contribution in [3.05, 3.63) is 0 Å². The van der Waals surface area contributed by atoms with E-state index in [0.29, 0.717) is 12.0 Å². The molecule has 0 spiro atoms. The van der Waals surface area contributed by atoms with Crippen molar-refractivity contribution < 1.29 is 4.74 Å². The van der Waals surface area contributed by atoms with Gasteiger partial charge in [0, 0.05) is 18.1 Å². The first-order valence-corrected chi connectivity index (χ1v) is 7.16. The van der Waals surface area contributed by atoms with Crippen LogP contribution in [0, 0.1) is 17.3 Å². The third-order valence-corrected chi connectivity index (χ3v) is 4.71. The van der Waals surface area contributed by atoms with Gasteiger partial charge in [0.05, 0.1) is 6.61 Å². The Morgan fingerprint density at radius 3 is 2.12 bits per heavy atom. The number of nitrogens with one attached hydrogen (secondary N) is 1. The molecule has 0 aliphatic carbocycles. The molecule has 0 rings (SSSR count). The Balaban J connectivity index is 4.08. The van der Waals surface area contributed by atoms with E-state index in [-0.39, 0.29) is 5.41 Å². The topological polar surface area (TPSA) is 21.3 Å². The molecule has 4 unspecified atom stereocenters. The van der Waals surface area contributed by atoms with Gasteiger partial charge in [-0.1, -0.05) is 41.0 Å². The van der Waals surface area contributed by atoms with E-state index in [1.54, 1.807) is 0 Å². The molecule has 0 aliphatic heterocycles. The van der Waals surface area contributed by atoms with Crippen molar-refractivity contribution in [3.8, 4) is 0 Å². The molecule has 1 N–H and O–H groups in total. The normalized spacial score (nSPS) is 20.6. The fraction of sp³-hybridized carbons (Fsp3) is 1.00. The van der Waals surface area contributed by atoms with Gasteiger partial charge in [0.25, 0.3) is 0 Å². The average molecular weight is 243 g/mol. The number of hydrogen-bond acceptors (Lipinski definition) is 2. The second-order valence-electron chi connectivity index (χ2n) is 5.90.